The molecule has 1 atom stereocenters. The number of carbonyl (C=O) groups excluding carboxylic acids is 2. The molecule has 0 bridgehead atoms. The molecule has 0 aliphatic heterocycles. The summed E-state index contributed by atoms with van der Waals surface area (Å²) in [5, 5.41) is 2.85. The molecular formula is C19H21ClN2O6S. The highest BCUT2D eigenvalue weighted by Gasteiger charge is 2.18. The molecule has 156 valence electrons. The Labute approximate surface area is 174 Å². The van der Waals surface area contributed by atoms with Gasteiger partial charge in [-0.25, -0.2) is 13.2 Å². The molecule has 0 unspecified atom stereocenters. The molecule has 29 heavy (non-hydrogen) atoms. The predicted molar refractivity (Wildman–Crippen MR) is 111 cm³/mol. The van der Waals surface area contributed by atoms with Crippen LogP contribution in [0, 0.1) is 0 Å². The number of carbonyl (C=O) groups is 2. The highest BCUT2D eigenvalue weighted by molar-refractivity contribution is 7.92. The molecule has 0 radical (unpaired) electrons. The van der Waals surface area contributed by atoms with Crippen molar-refractivity contribution in [3.8, 4) is 5.75 Å². The van der Waals surface area contributed by atoms with Gasteiger partial charge in [0.15, 0.2) is 6.10 Å². The topological polar surface area (TPSA) is 102 Å². The van der Waals surface area contributed by atoms with Crippen molar-refractivity contribution in [1.29, 1.82) is 0 Å². The smallest absolute Gasteiger partial charge is 0.339 e. The third-order valence-corrected chi connectivity index (χ3v) is 5.55. The van der Waals surface area contributed by atoms with Gasteiger partial charge in [-0.3, -0.25) is 9.10 Å². The number of halogens is 1. The lowest BCUT2D eigenvalue weighted by atomic mass is 10.2. The Bertz CT molecular complexity index is 1010. The molecule has 1 amide bonds. The summed E-state index contributed by atoms with van der Waals surface area (Å²) in [6.07, 6.45) is 0.248. The average molecular weight is 441 g/mol. The van der Waals surface area contributed by atoms with E-state index in [4.69, 9.17) is 16.3 Å². The zero-order chi connectivity index (χ0) is 21.8. The maximum Gasteiger partial charge on any atom is 0.339 e. The third kappa shape index (κ3) is 5.85. The highest BCUT2D eigenvalue weighted by atomic mass is 35.5. The van der Waals surface area contributed by atoms with Crippen LogP contribution in [0.25, 0.3) is 0 Å². The summed E-state index contributed by atoms with van der Waals surface area (Å²) in [6, 6.07) is 10.7. The number of sulfonamides is 1. The van der Waals surface area contributed by atoms with Crippen molar-refractivity contribution < 1.29 is 27.5 Å². The van der Waals surface area contributed by atoms with Crippen LogP contribution in [0.4, 0.5) is 11.4 Å². The predicted octanol–water partition coefficient (Wildman–Crippen LogP) is 2.93. The number of nitrogens with zero attached hydrogens (tertiary/aromatic N) is 1. The van der Waals surface area contributed by atoms with Gasteiger partial charge in [0.2, 0.25) is 10.0 Å². The Hall–Kier alpha value is -2.78. The summed E-state index contributed by atoms with van der Waals surface area (Å²) in [7, 11) is -0.693. The van der Waals surface area contributed by atoms with E-state index in [0.29, 0.717) is 17.1 Å². The van der Waals surface area contributed by atoms with E-state index in [1.165, 1.54) is 26.3 Å². The standard InChI is InChI=1S/C19H21ClN2O6S/c1-12(28-15-8-6-14(7-9-15)22(2)29(4,25)26)18(23)21-13-5-10-17(20)16(11-13)19(24)27-3/h5-12H,1-4H3,(H,21,23)/t12-/m0/s1. The number of hydrogen-bond acceptors (Lipinski definition) is 6. The zero-order valence-corrected chi connectivity index (χ0v) is 17.9. The van der Waals surface area contributed by atoms with Crippen LogP contribution in [0.5, 0.6) is 5.75 Å². The van der Waals surface area contributed by atoms with Gasteiger partial charge in [-0.1, -0.05) is 11.6 Å². The fourth-order valence-electron chi connectivity index (χ4n) is 2.30. The van der Waals surface area contributed by atoms with Crippen LogP contribution in [0.2, 0.25) is 5.02 Å². The van der Waals surface area contributed by atoms with E-state index in [9.17, 15) is 18.0 Å². The molecule has 0 aliphatic rings. The van der Waals surface area contributed by atoms with Crippen LogP contribution in [0.15, 0.2) is 42.5 Å². The van der Waals surface area contributed by atoms with Gasteiger partial charge in [-0.15, -0.1) is 0 Å². The molecule has 0 fully saturated rings. The SMILES string of the molecule is COC(=O)c1cc(NC(=O)[C@H](C)Oc2ccc(N(C)S(C)(=O)=O)cc2)ccc1Cl. The molecule has 0 heterocycles. The number of benzene rings is 2. The van der Waals surface area contributed by atoms with E-state index in [1.54, 1.807) is 37.3 Å². The van der Waals surface area contributed by atoms with Crippen LogP contribution in [0.3, 0.4) is 0 Å². The number of rotatable bonds is 7. The number of amides is 1. The van der Waals surface area contributed by atoms with Gasteiger partial charge in [0, 0.05) is 12.7 Å². The fraction of sp³-hybridized carbons (Fsp3) is 0.263. The summed E-state index contributed by atoms with van der Waals surface area (Å²) < 4.78 is 34.5. The molecule has 2 aromatic carbocycles. The van der Waals surface area contributed by atoms with E-state index in [2.05, 4.69) is 10.1 Å². The monoisotopic (exact) mass is 440 g/mol. The Balaban J connectivity index is 2.05. The molecule has 0 spiro atoms. The Morgan fingerprint density at radius 3 is 2.31 bits per heavy atom. The second-order valence-corrected chi connectivity index (χ2v) is 8.58. The van der Waals surface area contributed by atoms with Gasteiger partial charge >= 0.3 is 5.97 Å². The zero-order valence-electron chi connectivity index (χ0n) is 16.3. The maximum absolute atomic E-state index is 12.4. The van der Waals surface area contributed by atoms with Crippen molar-refractivity contribution in [2.45, 2.75) is 13.0 Å². The number of anilines is 2. The molecule has 10 heteroatoms. The molecule has 0 aromatic heterocycles. The van der Waals surface area contributed by atoms with E-state index >= 15 is 0 Å². The lowest BCUT2D eigenvalue weighted by Gasteiger charge is -2.18. The lowest BCUT2D eigenvalue weighted by Crippen LogP contribution is -2.30. The Kier molecular flexibility index (Phi) is 7.10. The van der Waals surface area contributed by atoms with Crippen molar-refractivity contribution in [2.24, 2.45) is 0 Å². The molecule has 0 saturated heterocycles. The molecule has 0 saturated carbocycles. The first kappa shape index (κ1) is 22.5. The number of methoxy groups -OCH3 is 1. The minimum atomic E-state index is -3.37. The van der Waals surface area contributed by atoms with Crippen LogP contribution >= 0.6 is 11.6 Å². The number of esters is 1. The van der Waals surface area contributed by atoms with Gasteiger partial charge in [0.05, 0.1) is 29.6 Å². The summed E-state index contributed by atoms with van der Waals surface area (Å²) in [4.78, 5) is 24.1. The van der Waals surface area contributed by atoms with E-state index in [0.717, 1.165) is 10.6 Å². The van der Waals surface area contributed by atoms with Crippen LogP contribution in [-0.4, -0.2) is 46.8 Å². The van der Waals surface area contributed by atoms with Crippen molar-refractivity contribution in [3.63, 3.8) is 0 Å². The Morgan fingerprint density at radius 2 is 1.76 bits per heavy atom. The molecule has 0 aliphatic carbocycles. The fourth-order valence-corrected chi connectivity index (χ4v) is 3.00. The first-order chi connectivity index (χ1) is 13.5. The second-order valence-electron chi connectivity index (χ2n) is 6.16. The number of nitrogens with one attached hydrogen (secondary N) is 1. The summed E-state index contributed by atoms with van der Waals surface area (Å²) in [5.74, 6) is -0.667. The van der Waals surface area contributed by atoms with Gasteiger partial charge in [-0.2, -0.15) is 0 Å². The summed E-state index contributed by atoms with van der Waals surface area (Å²) in [6.45, 7) is 1.56. The van der Waals surface area contributed by atoms with E-state index in [-0.39, 0.29) is 10.6 Å². The molecule has 1 N–H and O–H groups in total. The molecule has 2 rings (SSSR count). The van der Waals surface area contributed by atoms with Crippen molar-refractivity contribution in [1.82, 2.24) is 0 Å². The first-order valence-corrected chi connectivity index (χ1v) is 10.6. The van der Waals surface area contributed by atoms with Crippen LogP contribution < -0.4 is 14.4 Å². The number of ether oxygens (including phenoxy) is 2. The quantitative estimate of drug-likeness (QED) is 0.664. The third-order valence-electron chi connectivity index (χ3n) is 4.02. The van der Waals surface area contributed by atoms with Crippen LogP contribution in [0.1, 0.15) is 17.3 Å². The van der Waals surface area contributed by atoms with Crippen LogP contribution in [-0.2, 0) is 19.6 Å². The van der Waals surface area contributed by atoms with Crippen molar-refractivity contribution in [3.05, 3.63) is 53.1 Å². The number of hydrogen-bond donors (Lipinski definition) is 1. The molecular weight excluding hydrogens is 420 g/mol. The summed E-state index contributed by atoms with van der Waals surface area (Å²) in [5.41, 5.74) is 0.958. The van der Waals surface area contributed by atoms with Crippen molar-refractivity contribution in [2.75, 3.05) is 30.0 Å². The lowest BCUT2D eigenvalue weighted by molar-refractivity contribution is -0.122. The Morgan fingerprint density at radius 1 is 1.14 bits per heavy atom. The van der Waals surface area contributed by atoms with E-state index < -0.39 is 28.0 Å². The average Bonchev–Trinajstić information content (AvgIpc) is 2.68. The second kappa shape index (κ2) is 9.15. The summed E-state index contributed by atoms with van der Waals surface area (Å²) >= 11 is 5.96. The van der Waals surface area contributed by atoms with E-state index in [1.807, 2.05) is 0 Å². The molecule has 8 nitrogen and oxygen atoms in total. The molecule has 2 aromatic rings. The maximum atomic E-state index is 12.4. The van der Waals surface area contributed by atoms with Gasteiger partial charge < -0.3 is 14.8 Å². The normalized spacial score (nSPS) is 12.0. The minimum absolute atomic E-state index is 0.131. The van der Waals surface area contributed by atoms with Gasteiger partial charge in [0.25, 0.3) is 5.91 Å². The minimum Gasteiger partial charge on any atom is -0.481 e. The first-order valence-electron chi connectivity index (χ1n) is 8.42. The largest absolute Gasteiger partial charge is 0.481 e. The van der Waals surface area contributed by atoms with Crippen molar-refractivity contribution >= 4 is 44.9 Å². The van der Waals surface area contributed by atoms with Gasteiger partial charge in [0.1, 0.15) is 5.75 Å². The highest BCUT2D eigenvalue weighted by Crippen LogP contribution is 2.23. The van der Waals surface area contributed by atoms with Gasteiger partial charge in [-0.05, 0) is 49.4 Å².